The largest absolute Gasteiger partial charge is 0.462 e. The fraction of sp³-hybridized carbons (Fsp3) is 0.529. The van der Waals surface area contributed by atoms with Crippen LogP contribution in [0.3, 0.4) is 0 Å². The zero-order chi connectivity index (χ0) is 17.9. The number of benzene rings is 1. The van der Waals surface area contributed by atoms with Crippen LogP contribution in [0.1, 0.15) is 45.7 Å². The average Bonchev–Trinajstić information content (AvgIpc) is 2.43. The van der Waals surface area contributed by atoms with E-state index in [0.29, 0.717) is 12.0 Å². The van der Waals surface area contributed by atoms with Gasteiger partial charge in [0.1, 0.15) is 6.61 Å². The number of hydrogen-bond donors (Lipinski definition) is 1. The van der Waals surface area contributed by atoms with Gasteiger partial charge in [0.2, 0.25) is 6.41 Å². The van der Waals surface area contributed by atoms with E-state index in [9.17, 15) is 18.4 Å². The van der Waals surface area contributed by atoms with Crippen LogP contribution in [-0.2, 0) is 25.8 Å². The lowest BCUT2D eigenvalue weighted by Gasteiger charge is -2.31. The molecule has 0 heterocycles. The first-order chi connectivity index (χ1) is 10.4. The maximum atomic E-state index is 13.5. The summed E-state index contributed by atoms with van der Waals surface area (Å²) in [7, 11) is 0. The van der Waals surface area contributed by atoms with Gasteiger partial charge in [0.25, 0.3) is 5.92 Å². The molecule has 0 aliphatic rings. The van der Waals surface area contributed by atoms with Gasteiger partial charge in [-0.15, -0.1) is 0 Å². The molecule has 4 nitrogen and oxygen atoms in total. The number of ether oxygens (including phenoxy) is 1. The molecule has 23 heavy (non-hydrogen) atoms. The van der Waals surface area contributed by atoms with E-state index in [-0.39, 0.29) is 12.2 Å². The number of rotatable bonds is 6. The number of esters is 1. The molecule has 1 amide bonds. The lowest BCUT2D eigenvalue weighted by atomic mass is 9.90. The first-order valence-electron chi connectivity index (χ1n) is 7.27. The van der Waals surface area contributed by atoms with E-state index < -0.39 is 22.8 Å². The molecule has 1 aromatic carbocycles. The summed E-state index contributed by atoms with van der Waals surface area (Å²) in [4.78, 5) is 22.8. The number of nitrogens with one attached hydrogen (secondary N) is 1. The molecule has 1 N–H and O–H groups in total. The molecule has 0 aliphatic carbocycles. The van der Waals surface area contributed by atoms with E-state index in [4.69, 9.17) is 4.74 Å². The molecular formula is C17H23F2NO3. The minimum absolute atomic E-state index is 0.152. The molecule has 0 saturated carbocycles. The fourth-order valence-electron chi connectivity index (χ4n) is 1.90. The summed E-state index contributed by atoms with van der Waals surface area (Å²) in [6, 6.07) is 5.71. The molecule has 0 radical (unpaired) electrons. The Labute approximate surface area is 135 Å². The van der Waals surface area contributed by atoms with E-state index in [0.717, 1.165) is 6.92 Å². The van der Waals surface area contributed by atoms with Crippen molar-refractivity contribution in [3.05, 3.63) is 35.4 Å². The van der Waals surface area contributed by atoms with Crippen molar-refractivity contribution in [2.75, 3.05) is 6.61 Å². The van der Waals surface area contributed by atoms with E-state index in [2.05, 4.69) is 5.32 Å². The van der Waals surface area contributed by atoms with E-state index in [1.807, 2.05) is 0 Å². The molecule has 0 bridgehead atoms. The maximum Gasteiger partial charge on any atom is 0.311 e. The van der Waals surface area contributed by atoms with Gasteiger partial charge in [-0.05, 0) is 39.3 Å². The lowest BCUT2D eigenvalue weighted by Crippen LogP contribution is -2.44. The van der Waals surface area contributed by atoms with Gasteiger partial charge in [-0.25, -0.2) is 8.78 Å². The van der Waals surface area contributed by atoms with E-state index in [1.165, 1.54) is 18.2 Å². The van der Waals surface area contributed by atoms with Crippen LogP contribution in [0.2, 0.25) is 0 Å². The molecule has 0 fully saturated rings. The molecule has 128 valence electrons. The normalized spacial score (nSPS) is 14.7. The zero-order valence-electron chi connectivity index (χ0n) is 14.1. The third-order valence-corrected chi connectivity index (χ3v) is 3.49. The average molecular weight is 327 g/mol. The summed E-state index contributed by atoms with van der Waals surface area (Å²) < 4.78 is 32.3. The van der Waals surface area contributed by atoms with Gasteiger partial charge in [0.05, 0.1) is 11.0 Å². The van der Waals surface area contributed by atoms with Crippen LogP contribution in [0.5, 0.6) is 0 Å². The Morgan fingerprint density at radius 3 is 2.22 bits per heavy atom. The van der Waals surface area contributed by atoms with Crippen molar-refractivity contribution in [3.63, 3.8) is 0 Å². The highest BCUT2D eigenvalue weighted by molar-refractivity contribution is 5.75. The predicted molar refractivity (Wildman–Crippen MR) is 83.0 cm³/mol. The minimum atomic E-state index is -3.00. The molecular weight excluding hydrogens is 304 g/mol. The summed E-state index contributed by atoms with van der Waals surface area (Å²) >= 11 is 0. The Morgan fingerprint density at radius 2 is 1.74 bits per heavy atom. The van der Waals surface area contributed by atoms with E-state index in [1.54, 1.807) is 33.8 Å². The van der Waals surface area contributed by atoms with Crippen molar-refractivity contribution in [2.24, 2.45) is 5.41 Å². The van der Waals surface area contributed by atoms with Crippen LogP contribution < -0.4 is 5.32 Å². The highest BCUT2D eigenvalue weighted by Gasteiger charge is 2.33. The van der Waals surface area contributed by atoms with Gasteiger partial charge in [0, 0.05) is 12.5 Å². The van der Waals surface area contributed by atoms with Crippen LogP contribution in [-0.4, -0.2) is 19.0 Å². The third kappa shape index (κ3) is 5.01. The number of carbonyl (C=O) groups is 2. The van der Waals surface area contributed by atoms with Crippen LogP contribution in [0.4, 0.5) is 8.78 Å². The SMILES string of the molecule is CC(C)(C)C(=O)OCC(C)(NC=O)c1cccc(C(C)(F)F)c1. The van der Waals surface area contributed by atoms with Crippen LogP contribution in [0.25, 0.3) is 0 Å². The quantitative estimate of drug-likeness (QED) is 0.644. The number of carbonyl (C=O) groups excluding carboxylic acids is 2. The summed E-state index contributed by atoms with van der Waals surface area (Å²) in [5, 5.41) is 2.56. The molecule has 0 aliphatic heterocycles. The Morgan fingerprint density at radius 1 is 1.17 bits per heavy atom. The topological polar surface area (TPSA) is 55.4 Å². The highest BCUT2D eigenvalue weighted by atomic mass is 19.3. The first kappa shape index (κ1) is 19.1. The Kier molecular flexibility index (Phi) is 5.51. The van der Waals surface area contributed by atoms with Crippen molar-refractivity contribution < 1.29 is 23.1 Å². The number of hydrogen-bond acceptors (Lipinski definition) is 3. The summed E-state index contributed by atoms with van der Waals surface area (Å²) in [6.07, 6.45) is 0.460. The van der Waals surface area contributed by atoms with Gasteiger partial charge in [-0.3, -0.25) is 9.59 Å². The van der Waals surface area contributed by atoms with Crippen molar-refractivity contribution in [3.8, 4) is 0 Å². The molecule has 0 aromatic heterocycles. The predicted octanol–water partition coefficient (Wildman–Crippen LogP) is 3.35. The third-order valence-electron chi connectivity index (χ3n) is 3.49. The second kappa shape index (κ2) is 6.64. The summed E-state index contributed by atoms with van der Waals surface area (Å²) in [6.45, 7) is 7.38. The standard InChI is InChI=1S/C17H23F2NO3/c1-15(2,3)14(22)23-10-16(4,20-11-21)12-7-6-8-13(9-12)17(5,18)19/h6-9,11H,10H2,1-5H3,(H,20,21). The number of amides is 1. The highest BCUT2D eigenvalue weighted by Crippen LogP contribution is 2.31. The Bertz CT molecular complexity index is 576. The van der Waals surface area contributed by atoms with E-state index >= 15 is 0 Å². The first-order valence-corrected chi connectivity index (χ1v) is 7.27. The maximum absolute atomic E-state index is 13.5. The molecule has 1 atom stereocenters. The summed E-state index contributed by atoms with van der Waals surface area (Å²) in [5.74, 6) is -3.44. The Balaban J connectivity index is 3.09. The zero-order valence-corrected chi connectivity index (χ0v) is 14.1. The van der Waals surface area contributed by atoms with Crippen molar-refractivity contribution in [2.45, 2.75) is 46.1 Å². The van der Waals surface area contributed by atoms with Crippen molar-refractivity contribution in [1.29, 1.82) is 0 Å². The Hall–Kier alpha value is -1.98. The molecule has 1 aromatic rings. The van der Waals surface area contributed by atoms with Gasteiger partial charge in [0.15, 0.2) is 0 Å². The number of halogens is 2. The summed E-state index contributed by atoms with van der Waals surface area (Å²) in [5.41, 5.74) is -1.52. The second-order valence-corrected chi connectivity index (χ2v) is 6.89. The minimum Gasteiger partial charge on any atom is -0.462 e. The van der Waals surface area contributed by atoms with Crippen molar-refractivity contribution >= 4 is 12.4 Å². The van der Waals surface area contributed by atoms with Crippen molar-refractivity contribution in [1.82, 2.24) is 5.32 Å². The van der Waals surface area contributed by atoms with Crippen LogP contribution in [0.15, 0.2) is 24.3 Å². The van der Waals surface area contributed by atoms with Crippen LogP contribution >= 0.6 is 0 Å². The molecule has 6 heteroatoms. The van der Waals surface area contributed by atoms with Gasteiger partial charge >= 0.3 is 5.97 Å². The van der Waals surface area contributed by atoms with Gasteiger partial charge in [-0.2, -0.15) is 0 Å². The number of alkyl halides is 2. The fourth-order valence-corrected chi connectivity index (χ4v) is 1.90. The lowest BCUT2D eigenvalue weighted by molar-refractivity contribution is -0.155. The van der Waals surface area contributed by atoms with Crippen LogP contribution in [0, 0.1) is 5.41 Å². The monoisotopic (exact) mass is 327 g/mol. The van der Waals surface area contributed by atoms with Gasteiger partial charge in [-0.1, -0.05) is 18.2 Å². The molecule has 1 unspecified atom stereocenters. The molecule has 0 spiro atoms. The van der Waals surface area contributed by atoms with Gasteiger partial charge < -0.3 is 10.1 Å². The molecule has 1 rings (SSSR count). The molecule has 0 saturated heterocycles. The second-order valence-electron chi connectivity index (χ2n) is 6.89. The smallest absolute Gasteiger partial charge is 0.311 e.